The van der Waals surface area contributed by atoms with Crippen molar-refractivity contribution < 1.29 is 5.11 Å². The number of halogens is 1. The van der Waals surface area contributed by atoms with Crippen molar-refractivity contribution in [3.8, 4) is 0 Å². The van der Waals surface area contributed by atoms with E-state index in [9.17, 15) is 5.11 Å². The SMILES string of the molecule is Cc1cccc(C(O)CC(C)C)c1Cl. The number of benzene rings is 1. The highest BCUT2D eigenvalue weighted by Gasteiger charge is 2.13. The van der Waals surface area contributed by atoms with E-state index in [2.05, 4.69) is 13.8 Å². The van der Waals surface area contributed by atoms with Crippen LogP contribution in [0.3, 0.4) is 0 Å². The first kappa shape index (κ1) is 11.5. The molecule has 78 valence electrons. The summed E-state index contributed by atoms with van der Waals surface area (Å²) < 4.78 is 0. The molecule has 14 heavy (non-hydrogen) atoms. The number of aliphatic hydroxyl groups is 1. The van der Waals surface area contributed by atoms with Crippen molar-refractivity contribution >= 4 is 11.6 Å². The molecule has 1 aromatic rings. The normalized spacial score (nSPS) is 13.3. The summed E-state index contributed by atoms with van der Waals surface area (Å²) in [5.41, 5.74) is 1.87. The van der Waals surface area contributed by atoms with Gasteiger partial charge in [-0.25, -0.2) is 0 Å². The third kappa shape index (κ3) is 2.73. The van der Waals surface area contributed by atoms with Gasteiger partial charge in [0.1, 0.15) is 0 Å². The van der Waals surface area contributed by atoms with Crippen LogP contribution in [0.2, 0.25) is 5.02 Å². The number of rotatable bonds is 3. The summed E-state index contributed by atoms with van der Waals surface area (Å²) in [6, 6.07) is 5.77. The topological polar surface area (TPSA) is 20.2 Å². The largest absolute Gasteiger partial charge is 0.388 e. The molecule has 0 aliphatic rings. The summed E-state index contributed by atoms with van der Waals surface area (Å²) in [5.74, 6) is 0.474. The third-order valence-electron chi connectivity index (χ3n) is 2.28. The van der Waals surface area contributed by atoms with E-state index in [0.29, 0.717) is 10.9 Å². The summed E-state index contributed by atoms with van der Waals surface area (Å²) in [5, 5.41) is 10.6. The Morgan fingerprint density at radius 3 is 2.57 bits per heavy atom. The van der Waals surface area contributed by atoms with Crippen LogP contribution in [0.4, 0.5) is 0 Å². The molecule has 0 aromatic heterocycles. The third-order valence-corrected chi connectivity index (χ3v) is 2.79. The molecule has 0 aliphatic carbocycles. The Morgan fingerprint density at radius 1 is 1.36 bits per heavy atom. The van der Waals surface area contributed by atoms with Gasteiger partial charge in [-0.3, -0.25) is 0 Å². The monoisotopic (exact) mass is 212 g/mol. The van der Waals surface area contributed by atoms with Gasteiger partial charge < -0.3 is 5.11 Å². The smallest absolute Gasteiger partial charge is 0.0807 e. The molecule has 0 amide bonds. The Balaban J connectivity index is 2.89. The second-order valence-electron chi connectivity index (χ2n) is 4.12. The molecule has 0 radical (unpaired) electrons. The quantitative estimate of drug-likeness (QED) is 0.810. The van der Waals surface area contributed by atoms with E-state index in [1.54, 1.807) is 0 Å². The van der Waals surface area contributed by atoms with E-state index in [1.165, 1.54) is 0 Å². The lowest BCUT2D eigenvalue weighted by atomic mass is 9.98. The summed E-state index contributed by atoms with van der Waals surface area (Å²) in [4.78, 5) is 0. The van der Waals surface area contributed by atoms with Crippen LogP contribution >= 0.6 is 11.6 Å². The highest BCUT2D eigenvalue weighted by molar-refractivity contribution is 6.32. The van der Waals surface area contributed by atoms with Crippen molar-refractivity contribution in [1.29, 1.82) is 0 Å². The van der Waals surface area contributed by atoms with Crippen LogP contribution in [-0.4, -0.2) is 5.11 Å². The number of aliphatic hydroxyl groups excluding tert-OH is 1. The molecule has 1 nitrogen and oxygen atoms in total. The molecule has 2 heteroatoms. The van der Waals surface area contributed by atoms with Crippen LogP contribution in [0, 0.1) is 12.8 Å². The van der Waals surface area contributed by atoms with Gasteiger partial charge in [0.2, 0.25) is 0 Å². The van der Waals surface area contributed by atoms with Crippen LogP contribution in [0.25, 0.3) is 0 Å². The fourth-order valence-corrected chi connectivity index (χ4v) is 1.75. The second-order valence-corrected chi connectivity index (χ2v) is 4.50. The summed E-state index contributed by atoms with van der Waals surface area (Å²) in [7, 11) is 0. The molecular weight excluding hydrogens is 196 g/mol. The molecule has 0 saturated heterocycles. The first-order chi connectivity index (χ1) is 6.52. The van der Waals surface area contributed by atoms with Gasteiger partial charge in [-0.15, -0.1) is 0 Å². The maximum absolute atomic E-state index is 9.91. The Kier molecular flexibility index (Phi) is 3.97. The average Bonchev–Trinajstić information content (AvgIpc) is 2.08. The van der Waals surface area contributed by atoms with E-state index in [4.69, 9.17) is 11.6 Å². The van der Waals surface area contributed by atoms with E-state index < -0.39 is 6.10 Å². The molecular formula is C12H17ClO. The number of aryl methyl sites for hydroxylation is 1. The van der Waals surface area contributed by atoms with Gasteiger partial charge in [0.25, 0.3) is 0 Å². The van der Waals surface area contributed by atoms with Crippen molar-refractivity contribution in [2.24, 2.45) is 5.92 Å². The Bertz CT molecular complexity index is 307. The molecule has 1 aromatic carbocycles. The zero-order valence-corrected chi connectivity index (χ0v) is 9.67. The van der Waals surface area contributed by atoms with Crippen molar-refractivity contribution in [1.82, 2.24) is 0 Å². The van der Waals surface area contributed by atoms with Crippen LogP contribution < -0.4 is 0 Å². The lowest BCUT2D eigenvalue weighted by molar-refractivity contribution is 0.151. The van der Waals surface area contributed by atoms with Gasteiger partial charge in [0, 0.05) is 5.02 Å². The maximum Gasteiger partial charge on any atom is 0.0807 e. The molecule has 0 aliphatic heterocycles. The van der Waals surface area contributed by atoms with Crippen LogP contribution in [0.1, 0.15) is 37.5 Å². The zero-order chi connectivity index (χ0) is 10.7. The Hall–Kier alpha value is -0.530. The second kappa shape index (κ2) is 4.81. The van der Waals surface area contributed by atoms with Crippen molar-refractivity contribution in [3.05, 3.63) is 34.3 Å². The van der Waals surface area contributed by atoms with Gasteiger partial charge in [-0.2, -0.15) is 0 Å². The molecule has 1 unspecified atom stereocenters. The number of hydrogen-bond donors (Lipinski definition) is 1. The predicted molar refractivity (Wildman–Crippen MR) is 60.6 cm³/mol. The minimum absolute atomic E-state index is 0.442. The van der Waals surface area contributed by atoms with E-state index in [1.807, 2.05) is 25.1 Å². The molecule has 1 N–H and O–H groups in total. The number of hydrogen-bond acceptors (Lipinski definition) is 1. The fourth-order valence-electron chi connectivity index (χ4n) is 1.50. The Labute approximate surface area is 90.7 Å². The van der Waals surface area contributed by atoms with E-state index >= 15 is 0 Å². The van der Waals surface area contributed by atoms with Crippen LogP contribution in [0.15, 0.2) is 18.2 Å². The van der Waals surface area contributed by atoms with Gasteiger partial charge in [-0.05, 0) is 30.4 Å². The molecule has 1 rings (SSSR count). The van der Waals surface area contributed by atoms with Crippen molar-refractivity contribution in [3.63, 3.8) is 0 Å². The van der Waals surface area contributed by atoms with Crippen molar-refractivity contribution in [2.75, 3.05) is 0 Å². The summed E-state index contributed by atoms with van der Waals surface area (Å²) in [6.07, 6.45) is 0.311. The highest BCUT2D eigenvalue weighted by atomic mass is 35.5. The predicted octanol–water partition coefficient (Wildman–Crippen LogP) is 3.73. The molecule has 0 spiro atoms. The van der Waals surface area contributed by atoms with Crippen molar-refractivity contribution in [2.45, 2.75) is 33.3 Å². The lowest BCUT2D eigenvalue weighted by Gasteiger charge is -2.15. The first-order valence-electron chi connectivity index (χ1n) is 4.95. The standard InChI is InChI=1S/C12H17ClO/c1-8(2)7-11(14)10-6-4-5-9(3)12(10)13/h4-6,8,11,14H,7H2,1-3H3. The molecule has 0 bridgehead atoms. The van der Waals surface area contributed by atoms with E-state index in [-0.39, 0.29) is 0 Å². The average molecular weight is 213 g/mol. The summed E-state index contributed by atoms with van der Waals surface area (Å²) >= 11 is 6.11. The highest BCUT2D eigenvalue weighted by Crippen LogP contribution is 2.29. The Morgan fingerprint density at radius 2 is 2.00 bits per heavy atom. The summed E-state index contributed by atoms with van der Waals surface area (Å²) in [6.45, 7) is 6.13. The van der Waals surface area contributed by atoms with Gasteiger partial charge >= 0.3 is 0 Å². The lowest BCUT2D eigenvalue weighted by Crippen LogP contribution is -2.03. The molecule has 0 heterocycles. The molecule has 0 fully saturated rings. The van der Waals surface area contributed by atoms with Crippen LogP contribution in [-0.2, 0) is 0 Å². The maximum atomic E-state index is 9.91. The zero-order valence-electron chi connectivity index (χ0n) is 8.92. The fraction of sp³-hybridized carbons (Fsp3) is 0.500. The van der Waals surface area contributed by atoms with Gasteiger partial charge in [0.15, 0.2) is 0 Å². The minimum Gasteiger partial charge on any atom is -0.388 e. The van der Waals surface area contributed by atoms with Gasteiger partial charge in [0.05, 0.1) is 6.10 Å². The van der Waals surface area contributed by atoms with E-state index in [0.717, 1.165) is 17.5 Å². The minimum atomic E-state index is -0.442. The first-order valence-corrected chi connectivity index (χ1v) is 5.33. The van der Waals surface area contributed by atoms with Gasteiger partial charge in [-0.1, -0.05) is 43.6 Å². The van der Waals surface area contributed by atoms with Crippen LogP contribution in [0.5, 0.6) is 0 Å². The molecule has 0 saturated carbocycles. The molecule has 1 atom stereocenters.